The molecule has 11 rings (SSSR count). The Morgan fingerprint density at radius 1 is 0.662 bits per heavy atom. The van der Waals surface area contributed by atoms with Crippen molar-refractivity contribution in [1.29, 1.82) is 0 Å². The third-order valence-electron chi connectivity index (χ3n) is 14.2. The smallest absolute Gasteiger partial charge is 0 e. The Labute approximate surface area is 458 Å². The Bertz CT molecular complexity index is 3850. The number of benzene rings is 7. The van der Waals surface area contributed by atoms with Gasteiger partial charge in [0.1, 0.15) is 5.58 Å². The van der Waals surface area contributed by atoms with Crippen molar-refractivity contribution in [2.45, 2.75) is 89.8 Å². The molecule has 11 aromatic rings. The Balaban J connectivity index is 0.000000208. The summed E-state index contributed by atoms with van der Waals surface area (Å²) in [6.07, 6.45) is 2.04. The Kier molecular flexibility index (Phi) is 13.9. The molecule has 4 heterocycles. The van der Waals surface area contributed by atoms with Crippen molar-refractivity contribution in [3.8, 4) is 50.7 Å². The van der Waals surface area contributed by atoms with E-state index in [2.05, 4.69) is 204 Å². The van der Waals surface area contributed by atoms with Gasteiger partial charge in [-0.2, -0.15) is 0 Å². The summed E-state index contributed by atoms with van der Waals surface area (Å²) in [5.41, 5.74) is 17.7. The van der Waals surface area contributed by atoms with Crippen molar-refractivity contribution < 1.29 is 28.6 Å². The molecule has 0 saturated heterocycles. The SMILES string of the molecule is Cc1nc(-c2ccccc2)cc2c1nc(-c1[c-]ccc3c1oc1ccccc13)n2-c1c(C(C)C)cc(-c2ccccc2)cc1C(C)C.[2H]C([2H])([2H])c1c[c-]c(-c2cc(C(C)(C)c3ccccc3)[c]([Ge]([CH3])([CH3])[CH3])cn2)cc1.[Ir]. The number of hydrogen-bond donors (Lipinski definition) is 0. The number of para-hydroxylation sites is 1. The molecule has 5 nitrogen and oxygen atoms in total. The van der Waals surface area contributed by atoms with Crippen LogP contribution in [-0.4, -0.2) is 32.8 Å². The molecule has 0 spiro atoms. The second-order valence-corrected chi connectivity index (χ2v) is 31.9. The summed E-state index contributed by atoms with van der Waals surface area (Å²) in [5.74, 6) is 8.46. The third kappa shape index (κ3) is 10.1. The molecule has 0 aliphatic carbocycles. The van der Waals surface area contributed by atoms with Gasteiger partial charge in [-0.15, -0.1) is 18.2 Å². The number of hydrogen-bond acceptors (Lipinski definition) is 4. The maximum absolute atomic E-state index is 7.56. The number of pyridine rings is 2. The van der Waals surface area contributed by atoms with Crippen molar-refractivity contribution in [3.05, 3.63) is 222 Å². The van der Waals surface area contributed by atoms with E-state index in [1.165, 1.54) is 43.5 Å². The van der Waals surface area contributed by atoms with Crippen LogP contribution in [0.5, 0.6) is 0 Å². The van der Waals surface area contributed by atoms with Gasteiger partial charge < -0.3 is 8.98 Å². The van der Waals surface area contributed by atoms with E-state index < -0.39 is 20.1 Å². The Morgan fingerprint density at radius 3 is 1.92 bits per heavy atom. The summed E-state index contributed by atoms with van der Waals surface area (Å²) in [4.78, 5) is 15.2. The van der Waals surface area contributed by atoms with Gasteiger partial charge in [0.15, 0.2) is 0 Å². The van der Waals surface area contributed by atoms with Gasteiger partial charge in [0.25, 0.3) is 0 Å². The van der Waals surface area contributed by atoms with E-state index in [-0.39, 0.29) is 37.4 Å². The number of imidazole rings is 1. The summed E-state index contributed by atoms with van der Waals surface area (Å²) in [6.45, 7) is 13.6. The summed E-state index contributed by atoms with van der Waals surface area (Å²) < 4.78 is 33.0. The van der Waals surface area contributed by atoms with Gasteiger partial charge in [-0.1, -0.05) is 118 Å². The molecule has 0 unspecified atom stereocenters. The first-order valence-corrected chi connectivity index (χ1v) is 32.7. The number of fused-ring (bicyclic) bond motifs is 4. The standard InChI is InChI=1S/C43H36N3O.C24H28GeN.Ir/c1-26(2)35-23-31(29-15-8-6-9-16-29)24-36(27(3)4)41(35)46-38-25-37(30-17-10-7-11-18-30)44-28(5)40(38)45-43(46)34-21-14-20-33-32-19-12-13-22-39(32)47-42(33)34;1-18-12-14-19(15-13-18)23-16-21(22(17-26-23)25(4,5)6)24(2,3)20-10-8-7-9-11-20;/h6-20,22-27H,1-5H3;7-14,16-17H,1-6H3;/q2*-1;/i;1D3;. The van der Waals surface area contributed by atoms with Crippen molar-refractivity contribution in [2.75, 3.05) is 0 Å². The fourth-order valence-corrected chi connectivity index (χ4v) is 13.6. The molecular weight excluding hydrogens is 1140 g/mol. The molecule has 1 radical (unpaired) electrons. The van der Waals surface area contributed by atoms with E-state index in [4.69, 9.17) is 23.5 Å². The molecule has 373 valence electrons. The number of aromatic nitrogens is 4. The largest absolute Gasteiger partial charge is 0 e. The second kappa shape index (κ2) is 21.3. The van der Waals surface area contributed by atoms with E-state index in [0.717, 1.165) is 72.6 Å². The minimum atomic E-state index is -2.18. The molecule has 0 amide bonds. The average molecular weight is 1210 g/mol. The van der Waals surface area contributed by atoms with Crippen LogP contribution in [0.2, 0.25) is 17.3 Å². The van der Waals surface area contributed by atoms with Crippen molar-refractivity contribution in [2.24, 2.45) is 0 Å². The first kappa shape index (κ1) is 48.3. The number of rotatable bonds is 10. The summed E-state index contributed by atoms with van der Waals surface area (Å²) in [7, 11) is 0. The van der Waals surface area contributed by atoms with Crippen LogP contribution >= 0.6 is 0 Å². The van der Waals surface area contributed by atoms with Gasteiger partial charge in [-0.25, -0.2) is 0 Å². The predicted octanol–water partition coefficient (Wildman–Crippen LogP) is 17.4. The quantitative estimate of drug-likeness (QED) is 0.101. The van der Waals surface area contributed by atoms with E-state index in [1.807, 2.05) is 42.6 Å². The van der Waals surface area contributed by atoms with Crippen molar-refractivity contribution in [1.82, 2.24) is 19.5 Å². The van der Waals surface area contributed by atoms with Crippen LogP contribution in [0, 0.1) is 25.9 Å². The molecule has 0 aliphatic heterocycles. The van der Waals surface area contributed by atoms with Gasteiger partial charge in [-0.05, 0) is 65.3 Å². The molecule has 4 aromatic heterocycles. The zero-order chi connectivity index (χ0) is 53.7. The molecule has 0 N–H and O–H groups in total. The molecule has 0 saturated carbocycles. The van der Waals surface area contributed by atoms with Crippen LogP contribution < -0.4 is 4.40 Å². The normalized spacial score (nSPS) is 12.6. The van der Waals surface area contributed by atoms with Crippen molar-refractivity contribution >= 4 is 50.6 Å². The Morgan fingerprint density at radius 2 is 1.30 bits per heavy atom. The molecule has 0 atom stereocenters. The van der Waals surface area contributed by atoms with E-state index in [9.17, 15) is 0 Å². The zero-order valence-corrected chi connectivity index (χ0v) is 48.4. The third-order valence-corrected chi connectivity index (χ3v) is 18.4. The number of aryl methyl sites for hydroxylation is 2. The minimum absolute atomic E-state index is 0. The molecule has 0 aliphatic rings. The molecular formula is C67H64GeIrN4O-2. The summed E-state index contributed by atoms with van der Waals surface area (Å²) in [6, 6.07) is 64.8. The predicted molar refractivity (Wildman–Crippen MR) is 309 cm³/mol. The second-order valence-electron chi connectivity index (χ2n) is 21.3. The monoisotopic (exact) mass is 1210 g/mol. The van der Waals surface area contributed by atoms with Crippen LogP contribution in [0.15, 0.2) is 180 Å². The van der Waals surface area contributed by atoms with Gasteiger partial charge in [0.05, 0.1) is 33.8 Å². The maximum Gasteiger partial charge on any atom is 0 e. The first-order chi connectivity index (χ1) is 36.3. The van der Waals surface area contributed by atoms with E-state index in [1.54, 1.807) is 12.1 Å². The summed E-state index contributed by atoms with van der Waals surface area (Å²) >= 11 is -2.18. The average Bonchev–Trinajstić information content (AvgIpc) is 4.13. The fraction of sp³-hybridized carbons (Fsp3) is 0.209. The minimum Gasteiger partial charge on any atom is 0 e. The van der Waals surface area contributed by atoms with Gasteiger partial charge >= 0.3 is 165 Å². The molecule has 7 heteroatoms. The Hall–Kier alpha value is -6.70. The van der Waals surface area contributed by atoms with Gasteiger partial charge in [-0.3, -0.25) is 9.97 Å². The first-order valence-electron chi connectivity index (χ1n) is 26.9. The van der Waals surface area contributed by atoms with Crippen LogP contribution in [0.1, 0.15) is 91.0 Å². The molecule has 7 aromatic carbocycles. The molecule has 0 bridgehead atoms. The van der Waals surface area contributed by atoms with Crippen LogP contribution in [-0.2, 0) is 25.5 Å². The fourth-order valence-electron chi connectivity index (χ4n) is 10.2. The van der Waals surface area contributed by atoms with Crippen LogP contribution in [0.4, 0.5) is 0 Å². The maximum atomic E-state index is 7.56. The topological polar surface area (TPSA) is 56.7 Å². The van der Waals surface area contributed by atoms with E-state index >= 15 is 0 Å². The molecule has 74 heavy (non-hydrogen) atoms. The summed E-state index contributed by atoms with van der Waals surface area (Å²) in [5, 5.41) is 2.14. The molecule has 0 fully saturated rings. The van der Waals surface area contributed by atoms with Crippen LogP contribution in [0.3, 0.4) is 0 Å². The van der Waals surface area contributed by atoms with Gasteiger partial charge in [0.2, 0.25) is 0 Å². The van der Waals surface area contributed by atoms with Gasteiger partial charge in [0, 0.05) is 36.7 Å². The van der Waals surface area contributed by atoms with E-state index in [0.29, 0.717) is 5.56 Å². The number of nitrogens with zero attached hydrogens (tertiary/aromatic N) is 4. The van der Waals surface area contributed by atoms with Crippen LogP contribution in [0.25, 0.3) is 83.7 Å². The number of furan rings is 1. The van der Waals surface area contributed by atoms with Crippen molar-refractivity contribution in [3.63, 3.8) is 0 Å². The zero-order valence-electron chi connectivity index (χ0n) is 46.9.